The molecule has 1 aliphatic rings. The highest BCUT2D eigenvalue weighted by Gasteiger charge is 2.10. The van der Waals surface area contributed by atoms with E-state index in [9.17, 15) is 0 Å². The number of fused-ring (bicyclic) bond motifs is 1. The monoisotopic (exact) mass is 138 g/mol. The summed E-state index contributed by atoms with van der Waals surface area (Å²) in [6, 6.07) is 0. The maximum atomic E-state index is 5.18. The third-order valence-corrected chi connectivity index (χ3v) is 1.78. The Labute approximate surface area is 59.4 Å². The molecule has 3 nitrogen and oxygen atoms in total. The van der Waals surface area contributed by atoms with Crippen molar-refractivity contribution in [2.75, 3.05) is 6.54 Å². The van der Waals surface area contributed by atoms with E-state index in [1.807, 2.05) is 0 Å². The Morgan fingerprint density at radius 2 is 2.60 bits per heavy atom. The Bertz CT molecular complexity index is 199. The Morgan fingerprint density at radius 3 is 3.60 bits per heavy atom. The summed E-state index contributed by atoms with van der Waals surface area (Å²) in [6.07, 6.45) is 3.71. The van der Waals surface area contributed by atoms with Gasteiger partial charge in [0, 0.05) is 13.0 Å². The summed E-state index contributed by atoms with van der Waals surface area (Å²) in [4.78, 5) is 4.09. The molecule has 0 unspecified atom stereocenters. The standard InChI is InChI=1S/C7H10N2O/c1-2-7-6(4-8-3-1)9-5-10-7/h5,8H,1-4H2. The van der Waals surface area contributed by atoms with Crippen LogP contribution in [0.2, 0.25) is 0 Å². The smallest absolute Gasteiger partial charge is 0.181 e. The molecule has 0 atom stereocenters. The molecule has 0 amide bonds. The predicted octanol–water partition coefficient (Wildman–Crippen LogP) is 0.710. The van der Waals surface area contributed by atoms with Gasteiger partial charge in [0.15, 0.2) is 6.39 Å². The van der Waals surface area contributed by atoms with Crippen molar-refractivity contribution in [1.82, 2.24) is 10.3 Å². The number of nitrogens with one attached hydrogen (secondary N) is 1. The normalized spacial score (nSPS) is 18.0. The second-order valence-electron chi connectivity index (χ2n) is 2.50. The summed E-state index contributed by atoms with van der Waals surface area (Å²) in [5, 5.41) is 3.27. The van der Waals surface area contributed by atoms with Crippen molar-refractivity contribution < 1.29 is 4.42 Å². The molecule has 0 aromatic carbocycles. The van der Waals surface area contributed by atoms with Gasteiger partial charge in [0.2, 0.25) is 0 Å². The van der Waals surface area contributed by atoms with Crippen LogP contribution in [0.3, 0.4) is 0 Å². The van der Waals surface area contributed by atoms with Crippen molar-refractivity contribution in [2.24, 2.45) is 0 Å². The van der Waals surface area contributed by atoms with E-state index in [4.69, 9.17) is 4.42 Å². The van der Waals surface area contributed by atoms with Crippen LogP contribution in [-0.4, -0.2) is 11.5 Å². The molecule has 1 N–H and O–H groups in total. The van der Waals surface area contributed by atoms with Crippen molar-refractivity contribution in [3.63, 3.8) is 0 Å². The molecule has 0 spiro atoms. The SMILES string of the molecule is c1nc2c(o1)CCCNC2. The van der Waals surface area contributed by atoms with Crippen LogP contribution in [0.5, 0.6) is 0 Å². The first-order valence-electron chi connectivity index (χ1n) is 3.59. The summed E-state index contributed by atoms with van der Waals surface area (Å²) in [5.41, 5.74) is 1.08. The van der Waals surface area contributed by atoms with E-state index < -0.39 is 0 Å². The minimum absolute atomic E-state index is 0.867. The first-order chi connectivity index (χ1) is 4.97. The Kier molecular flexibility index (Phi) is 1.43. The van der Waals surface area contributed by atoms with Gasteiger partial charge in [-0.3, -0.25) is 0 Å². The zero-order valence-corrected chi connectivity index (χ0v) is 5.76. The lowest BCUT2D eigenvalue weighted by Crippen LogP contribution is -2.12. The molecule has 3 heteroatoms. The van der Waals surface area contributed by atoms with Crippen molar-refractivity contribution in [3.05, 3.63) is 17.8 Å². The van der Waals surface area contributed by atoms with Crippen LogP contribution in [0.15, 0.2) is 10.8 Å². The van der Waals surface area contributed by atoms with E-state index in [1.54, 1.807) is 0 Å². The van der Waals surface area contributed by atoms with Crippen LogP contribution in [0.1, 0.15) is 17.9 Å². The lowest BCUT2D eigenvalue weighted by atomic mass is 10.2. The fraction of sp³-hybridized carbons (Fsp3) is 0.571. The maximum absolute atomic E-state index is 5.18. The molecule has 54 valence electrons. The topological polar surface area (TPSA) is 38.1 Å². The predicted molar refractivity (Wildman–Crippen MR) is 36.5 cm³/mol. The van der Waals surface area contributed by atoms with Gasteiger partial charge in [0.05, 0.1) is 5.69 Å². The number of hydrogen-bond donors (Lipinski definition) is 1. The van der Waals surface area contributed by atoms with Gasteiger partial charge in [-0.1, -0.05) is 0 Å². The molecule has 10 heavy (non-hydrogen) atoms. The van der Waals surface area contributed by atoms with Crippen molar-refractivity contribution in [3.8, 4) is 0 Å². The van der Waals surface area contributed by atoms with Gasteiger partial charge in [-0.15, -0.1) is 0 Å². The van der Waals surface area contributed by atoms with Gasteiger partial charge in [-0.05, 0) is 13.0 Å². The second-order valence-corrected chi connectivity index (χ2v) is 2.50. The minimum atomic E-state index is 0.867. The molecule has 2 rings (SSSR count). The number of hydrogen-bond acceptors (Lipinski definition) is 3. The van der Waals surface area contributed by atoms with E-state index in [1.165, 1.54) is 6.39 Å². The van der Waals surface area contributed by atoms with E-state index in [0.29, 0.717) is 0 Å². The lowest BCUT2D eigenvalue weighted by Gasteiger charge is -1.92. The molecular formula is C7H10N2O. The summed E-state index contributed by atoms with van der Waals surface area (Å²) in [6.45, 7) is 1.94. The van der Waals surface area contributed by atoms with Gasteiger partial charge in [-0.25, -0.2) is 4.98 Å². The zero-order chi connectivity index (χ0) is 6.81. The Morgan fingerprint density at radius 1 is 1.60 bits per heavy atom. The third-order valence-electron chi connectivity index (χ3n) is 1.78. The fourth-order valence-corrected chi connectivity index (χ4v) is 1.22. The van der Waals surface area contributed by atoms with Gasteiger partial charge < -0.3 is 9.73 Å². The fourth-order valence-electron chi connectivity index (χ4n) is 1.22. The molecule has 0 saturated carbocycles. The second kappa shape index (κ2) is 2.42. The molecule has 0 fully saturated rings. The summed E-state index contributed by atoms with van der Waals surface area (Å²) < 4.78 is 5.18. The van der Waals surface area contributed by atoms with Crippen LogP contribution < -0.4 is 5.32 Å². The molecule has 1 aliphatic heterocycles. The molecule has 0 radical (unpaired) electrons. The van der Waals surface area contributed by atoms with E-state index in [-0.39, 0.29) is 0 Å². The molecule has 2 heterocycles. The number of oxazole rings is 1. The number of aromatic nitrogens is 1. The number of aryl methyl sites for hydroxylation is 1. The number of nitrogens with zero attached hydrogens (tertiary/aromatic N) is 1. The van der Waals surface area contributed by atoms with Crippen LogP contribution in [0, 0.1) is 0 Å². The van der Waals surface area contributed by atoms with Crippen LogP contribution in [0.25, 0.3) is 0 Å². The Hall–Kier alpha value is -0.830. The van der Waals surface area contributed by atoms with E-state index in [2.05, 4.69) is 10.3 Å². The van der Waals surface area contributed by atoms with Crippen molar-refractivity contribution in [2.45, 2.75) is 19.4 Å². The van der Waals surface area contributed by atoms with Gasteiger partial charge >= 0.3 is 0 Å². The molecule has 0 aliphatic carbocycles. The van der Waals surface area contributed by atoms with Crippen LogP contribution in [0.4, 0.5) is 0 Å². The molecule has 0 bridgehead atoms. The summed E-state index contributed by atoms with van der Waals surface area (Å²) in [5.74, 6) is 1.06. The molecule has 0 saturated heterocycles. The van der Waals surface area contributed by atoms with Crippen LogP contribution >= 0.6 is 0 Å². The first-order valence-corrected chi connectivity index (χ1v) is 3.59. The third kappa shape index (κ3) is 0.926. The highest BCUT2D eigenvalue weighted by Crippen LogP contribution is 2.11. The van der Waals surface area contributed by atoms with E-state index >= 15 is 0 Å². The van der Waals surface area contributed by atoms with Gasteiger partial charge in [-0.2, -0.15) is 0 Å². The lowest BCUT2D eigenvalue weighted by molar-refractivity contribution is 0.498. The van der Waals surface area contributed by atoms with Gasteiger partial charge in [0.1, 0.15) is 5.76 Å². The summed E-state index contributed by atoms with van der Waals surface area (Å²) in [7, 11) is 0. The van der Waals surface area contributed by atoms with Crippen molar-refractivity contribution >= 4 is 0 Å². The number of rotatable bonds is 0. The average molecular weight is 138 g/mol. The Balaban J connectivity index is 2.28. The largest absolute Gasteiger partial charge is 0.448 e. The molecule has 1 aromatic rings. The highest BCUT2D eigenvalue weighted by atomic mass is 16.3. The molecular weight excluding hydrogens is 128 g/mol. The highest BCUT2D eigenvalue weighted by molar-refractivity contribution is 5.08. The van der Waals surface area contributed by atoms with Crippen LogP contribution in [-0.2, 0) is 13.0 Å². The minimum Gasteiger partial charge on any atom is -0.448 e. The van der Waals surface area contributed by atoms with Crippen molar-refractivity contribution in [1.29, 1.82) is 0 Å². The molecule has 1 aromatic heterocycles. The first kappa shape index (κ1) is 5.92. The van der Waals surface area contributed by atoms with Gasteiger partial charge in [0.25, 0.3) is 0 Å². The maximum Gasteiger partial charge on any atom is 0.181 e. The zero-order valence-electron chi connectivity index (χ0n) is 5.76. The summed E-state index contributed by atoms with van der Waals surface area (Å²) >= 11 is 0. The van der Waals surface area contributed by atoms with E-state index in [0.717, 1.165) is 37.4 Å². The quantitative estimate of drug-likeness (QED) is 0.573. The average Bonchev–Trinajstić information content (AvgIpc) is 2.28.